The normalized spacial score (nSPS) is 17.2. The van der Waals surface area contributed by atoms with E-state index < -0.39 is 0 Å². The molecule has 3 N–H and O–H groups in total. The number of amides is 2. The van der Waals surface area contributed by atoms with E-state index in [1.807, 2.05) is 36.5 Å². The fraction of sp³-hybridized carbons (Fsp3) is 0.600. The van der Waals surface area contributed by atoms with Gasteiger partial charge in [-0.1, -0.05) is 0 Å². The molecule has 126 valence electrons. The summed E-state index contributed by atoms with van der Waals surface area (Å²) in [4.78, 5) is 21.6. The molecule has 0 aliphatic carbocycles. The van der Waals surface area contributed by atoms with E-state index in [1.165, 1.54) is 0 Å². The summed E-state index contributed by atoms with van der Waals surface area (Å²) in [6.45, 7) is 10.7. The third kappa shape index (κ3) is 4.80. The lowest BCUT2D eigenvalue weighted by molar-refractivity contribution is 0.161. The summed E-state index contributed by atoms with van der Waals surface area (Å²) >= 11 is 0. The Bertz CT molecular complexity index is 591. The molecule has 2 rings (SSSR count). The average Bonchev–Trinajstić information content (AvgIpc) is 2.94. The molecule has 0 atom stereocenters. The lowest BCUT2D eigenvalue weighted by atomic mass is 10.1. The summed E-state index contributed by atoms with van der Waals surface area (Å²) < 4.78 is 1.88. The second-order valence-electron chi connectivity index (χ2n) is 6.71. The number of urea groups is 1. The maximum atomic E-state index is 12.2. The van der Waals surface area contributed by atoms with Crippen molar-refractivity contribution in [2.24, 2.45) is 15.7 Å². The molecule has 8 nitrogen and oxygen atoms in total. The smallest absolute Gasteiger partial charge is 0.317 e. The molecular weight excluding hydrogens is 294 g/mol. The minimum atomic E-state index is -0.220. The number of hydrogen-bond acceptors (Lipinski definition) is 3. The fourth-order valence-corrected chi connectivity index (χ4v) is 2.49. The van der Waals surface area contributed by atoms with Gasteiger partial charge in [0, 0.05) is 18.6 Å². The fourth-order valence-electron chi connectivity index (χ4n) is 2.49. The molecule has 1 aromatic heterocycles. The van der Waals surface area contributed by atoms with Crippen molar-refractivity contribution in [2.75, 3.05) is 13.1 Å². The highest BCUT2D eigenvalue weighted by Gasteiger charge is 2.26. The lowest BCUT2D eigenvalue weighted by Crippen LogP contribution is -2.50. The Labute approximate surface area is 136 Å². The third-order valence-electron chi connectivity index (χ3n) is 3.60. The molecule has 1 fully saturated rings. The second kappa shape index (κ2) is 6.80. The Hall–Kier alpha value is -2.38. The Morgan fingerprint density at radius 3 is 2.65 bits per heavy atom. The van der Waals surface area contributed by atoms with E-state index in [1.54, 1.807) is 6.20 Å². The van der Waals surface area contributed by atoms with E-state index in [0.717, 1.165) is 12.8 Å². The molecule has 0 spiro atoms. The zero-order valence-electron chi connectivity index (χ0n) is 14.0. The number of aromatic nitrogens is 2. The molecule has 0 radical (unpaired) electrons. The highest BCUT2D eigenvalue weighted by molar-refractivity contribution is 5.84. The van der Waals surface area contributed by atoms with Crippen molar-refractivity contribution in [1.82, 2.24) is 20.0 Å². The minimum Gasteiger partial charge on any atom is -0.368 e. The molecule has 1 aromatic rings. The van der Waals surface area contributed by atoms with Crippen LogP contribution in [0, 0.1) is 0 Å². The lowest BCUT2D eigenvalue weighted by Gasteiger charge is -2.34. The summed E-state index contributed by atoms with van der Waals surface area (Å²) in [6.07, 6.45) is 5.21. The summed E-state index contributed by atoms with van der Waals surface area (Å²) in [7, 11) is 0. The standard InChI is InChI=1S/C15H25N7O/c1-15(2,3)20-14(23)21-7-5-12(6-8-21)22-10-11(9-18-22)19-13(16)17-4/h9-10,12H,4-8H2,1-3H3,(H2,16,19)(H,20,23). The van der Waals surface area contributed by atoms with Crippen LogP contribution in [0.3, 0.4) is 0 Å². The van der Waals surface area contributed by atoms with Crippen LogP contribution in [0.5, 0.6) is 0 Å². The zero-order valence-corrected chi connectivity index (χ0v) is 14.0. The Kier molecular flexibility index (Phi) is 5.02. The SMILES string of the molecule is C=NC(N)=Nc1cnn(C2CCN(C(=O)NC(C)(C)C)CC2)c1. The number of aliphatic imine (C=N–C) groups is 2. The Balaban J connectivity index is 1.92. The molecule has 0 saturated carbocycles. The van der Waals surface area contributed by atoms with Crippen LogP contribution in [-0.2, 0) is 0 Å². The van der Waals surface area contributed by atoms with Gasteiger partial charge in [0.05, 0.1) is 18.4 Å². The van der Waals surface area contributed by atoms with Gasteiger partial charge in [0.2, 0.25) is 5.96 Å². The molecule has 0 unspecified atom stereocenters. The first-order valence-corrected chi connectivity index (χ1v) is 7.70. The number of piperidine rings is 1. The number of nitrogens with two attached hydrogens (primary N) is 1. The molecule has 8 heteroatoms. The van der Waals surface area contributed by atoms with E-state index in [-0.39, 0.29) is 23.6 Å². The van der Waals surface area contributed by atoms with Crippen LogP contribution in [-0.4, -0.2) is 52.0 Å². The Morgan fingerprint density at radius 1 is 1.43 bits per heavy atom. The van der Waals surface area contributed by atoms with Crippen LogP contribution < -0.4 is 11.1 Å². The first kappa shape index (κ1) is 17.0. The summed E-state index contributed by atoms with van der Waals surface area (Å²) in [5.74, 6) is 0.123. The number of nitrogens with zero attached hydrogens (tertiary/aromatic N) is 5. The number of guanidine groups is 1. The van der Waals surface area contributed by atoms with Gasteiger partial charge in [-0.3, -0.25) is 4.68 Å². The minimum absolute atomic E-state index is 0.00784. The molecule has 2 amide bonds. The topological polar surface area (TPSA) is 101 Å². The summed E-state index contributed by atoms with van der Waals surface area (Å²) in [5.41, 5.74) is 5.96. The van der Waals surface area contributed by atoms with Crippen molar-refractivity contribution in [2.45, 2.75) is 45.2 Å². The first-order chi connectivity index (χ1) is 10.8. The van der Waals surface area contributed by atoms with Crippen LogP contribution in [0.1, 0.15) is 39.7 Å². The molecule has 0 bridgehead atoms. The average molecular weight is 319 g/mol. The van der Waals surface area contributed by atoms with Crippen LogP contribution in [0.2, 0.25) is 0 Å². The number of carbonyl (C=O) groups is 1. The van der Waals surface area contributed by atoms with Gasteiger partial charge in [-0.25, -0.2) is 14.8 Å². The van der Waals surface area contributed by atoms with Crippen LogP contribution in [0.4, 0.5) is 10.5 Å². The zero-order chi connectivity index (χ0) is 17.0. The van der Waals surface area contributed by atoms with Crippen molar-refractivity contribution in [3.8, 4) is 0 Å². The maximum Gasteiger partial charge on any atom is 0.317 e. The van der Waals surface area contributed by atoms with Crippen molar-refractivity contribution in [3.63, 3.8) is 0 Å². The van der Waals surface area contributed by atoms with E-state index in [4.69, 9.17) is 5.73 Å². The van der Waals surface area contributed by atoms with Gasteiger partial charge >= 0.3 is 6.03 Å². The first-order valence-electron chi connectivity index (χ1n) is 7.70. The van der Waals surface area contributed by atoms with E-state index >= 15 is 0 Å². The molecular formula is C15H25N7O. The number of nitrogens with one attached hydrogen (secondary N) is 1. The molecule has 0 aromatic carbocycles. The molecule has 23 heavy (non-hydrogen) atoms. The van der Waals surface area contributed by atoms with Crippen molar-refractivity contribution in [3.05, 3.63) is 12.4 Å². The predicted molar refractivity (Wildman–Crippen MR) is 91.2 cm³/mol. The molecule has 2 heterocycles. The van der Waals surface area contributed by atoms with E-state index in [2.05, 4.69) is 27.1 Å². The molecule has 1 aliphatic heterocycles. The van der Waals surface area contributed by atoms with Gasteiger partial charge in [-0.2, -0.15) is 5.10 Å². The highest BCUT2D eigenvalue weighted by Crippen LogP contribution is 2.24. The largest absolute Gasteiger partial charge is 0.368 e. The molecule has 1 aliphatic rings. The van der Waals surface area contributed by atoms with E-state index in [0.29, 0.717) is 18.8 Å². The monoisotopic (exact) mass is 319 g/mol. The summed E-state index contributed by atoms with van der Waals surface area (Å²) in [5, 5.41) is 7.32. The van der Waals surface area contributed by atoms with Gasteiger partial charge < -0.3 is 16.0 Å². The van der Waals surface area contributed by atoms with Crippen molar-refractivity contribution in [1.29, 1.82) is 0 Å². The second-order valence-corrected chi connectivity index (χ2v) is 6.71. The van der Waals surface area contributed by atoms with Gasteiger partial charge in [-0.05, 0) is 40.3 Å². The van der Waals surface area contributed by atoms with Gasteiger partial charge in [0.15, 0.2) is 0 Å². The number of carbonyl (C=O) groups excluding carboxylic acids is 1. The van der Waals surface area contributed by atoms with Crippen LogP contribution in [0.15, 0.2) is 22.4 Å². The van der Waals surface area contributed by atoms with Crippen molar-refractivity contribution < 1.29 is 4.79 Å². The number of likely N-dealkylation sites (tertiary alicyclic amines) is 1. The van der Waals surface area contributed by atoms with Crippen LogP contribution in [0.25, 0.3) is 0 Å². The summed E-state index contributed by atoms with van der Waals surface area (Å²) in [6, 6.07) is 0.252. The number of hydrogen-bond donors (Lipinski definition) is 2. The van der Waals surface area contributed by atoms with Gasteiger partial charge in [0.25, 0.3) is 0 Å². The van der Waals surface area contributed by atoms with Gasteiger partial charge in [0.1, 0.15) is 5.69 Å². The van der Waals surface area contributed by atoms with Gasteiger partial charge in [-0.15, -0.1) is 0 Å². The quantitative estimate of drug-likeness (QED) is 0.640. The molecule has 1 saturated heterocycles. The Morgan fingerprint density at radius 2 is 2.09 bits per heavy atom. The van der Waals surface area contributed by atoms with E-state index in [9.17, 15) is 4.79 Å². The third-order valence-corrected chi connectivity index (χ3v) is 3.60. The predicted octanol–water partition coefficient (Wildman–Crippen LogP) is 1.67. The number of rotatable bonds is 2. The maximum absolute atomic E-state index is 12.2. The van der Waals surface area contributed by atoms with Crippen molar-refractivity contribution >= 4 is 24.4 Å². The van der Waals surface area contributed by atoms with Crippen LogP contribution >= 0.6 is 0 Å². The highest BCUT2D eigenvalue weighted by atomic mass is 16.2.